The normalized spacial score (nSPS) is 11.8. The van der Waals surface area contributed by atoms with Gasteiger partial charge < -0.3 is 4.42 Å². The molecular formula is C24H18N2O3S. The van der Waals surface area contributed by atoms with Gasteiger partial charge in [-0.05, 0) is 55.5 Å². The summed E-state index contributed by atoms with van der Waals surface area (Å²) in [4.78, 5) is 4.45. The highest BCUT2D eigenvalue weighted by atomic mass is 32.2. The highest BCUT2D eigenvalue weighted by Crippen LogP contribution is 2.35. The fourth-order valence-corrected chi connectivity index (χ4v) is 4.94. The Bertz CT molecular complexity index is 1430. The van der Waals surface area contributed by atoms with E-state index in [4.69, 9.17) is 4.42 Å². The molecular weight excluding hydrogens is 396 g/mol. The highest BCUT2D eigenvalue weighted by molar-refractivity contribution is 7.90. The first-order valence-corrected chi connectivity index (χ1v) is 10.9. The maximum atomic E-state index is 13.4. The third-order valence-electron chi connectivity index (χ3n) is 5.13. The zero-order chi connectivity index (χ0) is 20.7. The van der Waals surface area contributed by atoms with Crippen LogP contribution in [0.2, 0.25) is 0 Å². The number of aromatic nitrogens is 2. The van der Waals surface area contributed by atoms with Crippen molar-refractivity contribution < 1.29 is 12.8 Å². The van der Waals surface area contributed by atoms with Crippen molar-refractivity contribution in [3.63, 3.8) is 0 Å². The molecule has 0 atom stereocenters. The quantitative estimate of drug-likeness (QED) is 0.389. The third kappa shape index (κ3) is 3.02. The molecule has 0 aliphatic rings. The molecule has 0 unspecified atom stereocenters. The van der Waals surface area contributed by atoms with Crippen LogP contribution in [0.4, 0.5) is 0 Å². The number of nitrogens with zero attached hydrogens (tertiary/aromatic N) is 2. The van der Waals surface area contributed by atoms with Crippen LogP contribution in [0.3, 0.4) is 0 Å². The van der Waals surface area contributed by atoms with Gasteiger partial charge in [-0.15, -0.1) is 0 Å². The lowest BCUT2D eigenvalue weighted by atomic mass is 10.0. The molecule has 148 valence electrons. The van der Waals surface area contributed by atoms with Gasteiger partial charge in [-0.1, -0.05) is 23.8 Å². The van der Waals surface area contributed by atoms with Crippen molar-refractivity contribution >= 4 is 20.9 Å². The summed E-state index contributed by atoms with van der Waals surface area (Å²) in [7, 11) is -3.76. The Morgan fingerprint density at radius 3 is 2.47 bits per heavy atom. The predicted octanol–water partition coefficient (Wildman–Crippen LogP) is 5.51. The minimum Gasteiger partial charge on any atom is -0.464 e. The summed E-state index contributed by atoms with van der Waals surface area (Å²) < 4.78 is 33.8. The number of hydrogen-bond acceptors (Lipinski definition) is 4. The lowest BCUT2D eigenvalue weighted by Gasteiger charge is -2.08. The second-order valence-electron chi connectivity index (χ2n) is 7.11. The Morgan fingerprint density at radius 1 is 0.933 bits per heavy atom. The first-order valence-electron chi connectivity index (χ1n) is 9.46. The van der Waals surface area contributed by atoms with Crippen molar-refractivity contribution in [1.82, 2.24) is 8.96 Å². The number of aryl methyl sites for hydroxylation is 1. The average molecular weight is 414 g/mol. The van der Waals surface area contributed by atoms with Crippen molar-refractivity contribution in [2.24, 2.45) is 0 Å². The standard InChI is InChI=1S/C24H18N2O3S/c1-17-6-9-20(10-7-17)30(27,28)26-16-22(19-4-2-12-25-15-19)21-14-18(8-11-23(21)26)24-5-3-13-29-24/h2-16H,1H3. The maximum absolute atomic E-state index is 13.4. The summed E-state index contributed by atoms with van der Waals surface area (Å²) in [5.74, 6) is 0.725. The molecule has 0 amide bonds. The fourth-order valence-electron chi connectivity index (χ4n) is 3.57. The Morgan fingerprint density at radius 2 is 1.77 bits per heavy atom. The monoisotopic (exact) mass is 414 g/mol. The van der Waals surface area contributed by atoms with Crippen molar-refractivity contribution in [3.05, 3.63) is 97.1 Å². The van der Waals surface area contributed by atoms with Gasteiger partial charge in [-0.2, -0.15) is 0 Å². The first kappa shape index (κ1) is 18.4. The molecule has 0 saturated heterocycles. The number of pyridine rings is 1. The third-order valence-corrected chi connectivity index (χ3v) is 6.81. The van der Waals surface area contributed by atoms with Crippen LogP contribution in [0.15, 0.2) is 101 Å². The SMILES string of the molecule is Cc1ccc(S(=O)(=O)n2cc(-c3cccnc3)c3cc(-c4ccco4)ccc32)cc1. The number of rotatable bonds is 4. The molecule has 6 heteroatoms. The second-order valence-corrected chi connectivity index (χ2v) is 8.92. The summed E-state index contributed by atoms with van der Waals surface area (Å²) in [5.41, 5.74) is 4.12. The minimum absolute atomic E-state index is 0.248. The van der Waals surface area contributed by atoms with Gasteiger partial charge >= 0.3 is 0 Å². The molecule has 0 aliphatic heterocycles. The summed E-state index contributed by atoms with van der Waals surface area (Å²) in [5, 5.41) is 0.813. The Hall–Kier alpha value is -3.64. The second kappa shape index (κ2) is 7.00. The van der Waals surface area contributed by atoms with Gasteiger partial charge in [0.2, 0.25) is 0 Å². The molecule has 3 heterocycles. The molecule has 5 aromatic rings. The van der Waals surface area contributed by atoms with Crippen LogP contribution in [0, 0.1) is 6.92 Å². The van der Waals surface area contributed by atoms with Crippen LogP contribution in [0.25, 0.3) is 33.4 Å². The van der Waals surface area contributed by atoms with Crippen LogP contribution in [0.5, 0.6) is 0 Å². The molecule has 0 fully saturated rings. The molecule has 0 radical (unpaired) electrons. The van der Waals surface area contributed by atoms with Crippen LogP contribution in [0.1, 0.15) is 5.56 Å². The van der Waals surface area contributed by atoms with Gasteiger partial charge in [0.05, 0.1) is 16.7 Å². The Labute approximate surface area is 174 Å². The molecule has 3 aromatic heterocycles. The van der Waals surface area contributed by atoms with E-state index in [2.05, 4.69) is 4.98 Å². The Balaban J connectivity index is 1.78. The van der Waals surface area contributed by atoms with E-state index >= 15 is 0 Å². The molecule has 5 rings (SSSR count). The van der Waals surface area contributed by atoms with Crippen LogP contribution in [-0.4, -0.2) is 17.4 Å². The van der Waals surface area contributed by atoms with Gasteiger partial charge in [0.15, 0.2) is 0 Å². The predicted molar refractivity (Wildman–Crippen MR) is 117 cm³/mol. The number of furan rings is 1. The molecule has 5 nitrogen and oxygen atoms in total. The zero-order valence-corrected chi connectivity index (χ0v) is 17.0. The minimum atomic E-state index is -3.76. The zero-order valence-electron chi connectivity index (χ0n) is 16.2. The van der Waals surface area contributed by atoms with E-state index in [1.165, 1.54) is 3.97 Å². The van der Waals surface area contributed by atoms with E-state index in [1.54, 1.807) is 49.1 Å². The molecule has 2 aromatic carbocycles. The summed E-state index contributed by atoms with van der Waals surface area (Å²) in [6, 6.07) is 20.0. The lowest BCUT2D eigenvalue weighted by Crippen LogP contribution is -2.11. The number of fused-ring (bicyclic) bond motifs is 1. The molecule has 0 N–H and O–H groups in total. The molecule has 0 saturated carbocycles. The summed E-state index contributed by atoms with van der Waals surface area (Å²) in [6.45, 7) is 1.93. The van der Waals surface area contributed by atoms with Gasteiger partial charge in [-0.25, -0.2) is 12.4 Å². The fraction of sp³-hybridized carbons (Fsp3) is 0.0417. The van der Waals surface area contributed by atoms with Crippen LogP contribution < -0.4 is 0 Å². The van der Waals surface area contributed by atoms with E-state index in [-0.39, 0.29) is 4.90 Å². The van der Waals surface area contributed by atoms with Gasteiger partial charge in [0.1, 0.15) is 5.76 Å². The van der Waals surface area contributed by atoms with Crippen molar-refractivity contribution in [3.8, 4) is 22.5 Å². The number of benzene rings is 2. The smallest absolute Gasteiger partial charge is 0.268 e. The van der Waals surface area contributed by atoms with E-state index in [1.807, 2.05) is 49.4 Å². The van der Waals surface area contributed by atoms with Gasteiger partial charge in [-0.3, -0.25) is 4.98 Å². The van der Waals surface area contributed by atoms with E-state index in [0.29, 0.717) is 5.52 Å². The topological polar surface area (TPSA) is 65.1 Å². The lowest BCUT2D eigenvalue weighted by molar-refractivity contribution is 0.582. The molecule has 0 aliphatic carbocycles. The largest absolute Gasteiger partial charge is 0.464 e. The van der Waals surface area contributed by atoms with E-state index in [9.17, 15) is 8.42 Å². The molecule has 0 spiro atoms. The van der Waals surface area contributed by atoms with E-state index < -0.39 is 10.0 Å². The summed E-state index contributed by atoms with van der Waals surface area (Å²) in [6.07, 6.45) is 6.72. The number of hydrogen-bond donors (Lipinski definition) is 0. The first-order chi connectivity index (χ1) is 14.5. The van der Waals surface area contributed by atoms with Gasteiger partial charge in [0.25, 0.3) is 10.0 Å². The molecule has 0 bridgehead atoms. The highest BCUT2D eigenvalue weighted by Gasteiger charge is 2.22. The summed E-state index contributed by atoms with van der Waals surface area (Å²) >= 11 is 0. The van der Waals surface area contributed by atoms with Crippen LogP contribution >= 0.6 is 0 Å². The van der Waals surface area contributed by atoms with Crippen molar-refractivity contribution in [2.75, 3.05) is 0 Å². The van der Waals surface area contributed by atoms with Crippen molar-refractivity contribution in [2.45, 2.75) is 11.8 Å². The van der Waals surface area contributed by atoms with E-state index in [0.717, 1.165) is 33.4 Å². The molecule has 30 heavy (non-hydrogen) atoms. The van der Waals surface area contributed by atoms with Crippen molar-refractivity contribution in [1.29, 1.82) is 0 Å². The van der Waals surface area contributed by atoms with Crippen LogP contribution in [-0.2, 0) is 10.0 Å². The average Bonchev–Trinajstić information content (AvgIpc) is 3.43. The van der Waals surface area contributed by atoms with Gasteiger partial charge in [0, 0.05) is 40.7 Å². The maximum Gasteiger partial charge on any atom is 0.268 e. The Kier molecular flexibility index (Phi) is 4.29.